The number of carbonyl (C=O) groups excluding carboxylic acids is 3. The zero-order valence-electron chi connectivity index (χ0n) is 30.1. The normalized spacial score (nSPS) is 30.1. The smallest absolute Gasteiger partial charge is 0.405 e. The van der Waals surface area contributed by atoms with Crippen LogP contribution in [0, 0.1) is 17.8 Å². The molecule has 54 heavy (non-hydrogen) atoms. The molecule has 4 N–H and O–H groups in total. The summed E-state index contributed by atoms with van der Waals surface area (Å²) in [5.41, 5.74) is -1.23. The van der Waals surface area contributed by atoms with Crippen LogP contribution in [0.2, 0.25) is 10.2 Å². The van der Waals surface area contributed by atoms with E-state index in [9.17, 15) is 37.1 Å². The minimum atomic E-state index is -4.41. The first-order valence-corrected chi connectivity index (χ1v) is 20.3. The van der Waals surface area contributed by atoms with Gasteiger partial charge in [0.05, 0.1) is 23.7 Å². The summed E-state index contributed by atoms with van der Waals surface area (Å²) in [5, 5.41) is 15.4. The predicted molar refractivity (Wildman–Crippen MR) is 198 cm³/mol. The molecule has 14 nitrogen and oxygen atoms in total. The number of rotatable bonds is 9. The Bertz CT molecular complexity index is 1980. The molecule has 3 fully saturated rings. The maximum absolute atomic E-state index is 14.4. The van der Waals surface area contributed by atoms with Crippen molar-refractivity contribution in [2.75, 3.05) is 19.8 Å². The highest BCUT2D eigenvalue weighted by Crippen LogP contribution is 2.48. The zero-order chi connectivity index (χ0) is 39.2. The van der Waals surface area contributed by atoms with Gasteiger partial charge in [-0.25, -0.2) is 22.6 Å². The standard InChI is InChI=1S/C36H44Cl2FN5O9S/c1-4-52-22-9-10-25-24(14-22)27(37)29(30(38)40-25)53-23-15-26-31(45)42-36(33(47)43-54(50,51)35(18-39)11-12-35)16-21(36)8-6-5-7-19(2)13-20(3)28(41-34(48)49)32(46)44(26)17-23/h6,8-10,14,19-21,23,26,28,41H,4-5,7,11-13,15-18H2,1-3H3,(H,42,45)(H,43,47)(H,48,49)/b8-6-/t19-,20-,21-,23-,26+,28+,36-/m1/s1. The molecule has 0 bridgehead atoms. The number of ether oxygens (including phenoxy) is 2. The van der Waals surface area contributed by atoms with Gasteiger partial charge in [0, 0.05) is 17.7 Å². The zero-order valence-corrected chi connectivity index (χ0v) is 32.4. The Balaban J connectivity index is 1.35. The van der Waals surface area contributed by atoms with Crippen LogP contribution in [-0.2, 0) is 24.4 Å². The largest absolute Gasteiger partial charge is 0.494 e. The fourth-order valence-electron chi connectivity index (χ4n) is 7.57. The van der Waals surface area contributed by atoms with Crippen molar-refractivity contribution < 1.29 is 46.6 Å². The number of sulfonamides is 1. The molecule has 2 aromatic rings. The van der Waals surface area contributed by atoms with Crippen LogP contribution in [-0.4, -0.2) is 95.5 Å². The van der Waals surface area contributed by atoms with E-state index in [0.717, 1.165) is 0 Å². The number of amides is 4. The quantitative estimate of drug-likeness (QED) is 0.203. The highest BCUT2D eigenvalue weighted by atomic mass is 35.5. The molecule has 1 aromatic heterocycles. The molecule has 1 saturated heterocycles. The number of alkyl halides is 1. The Morgan fingerprint density at radius 1 is 1.19 bits per heavy atom. The molecule has 4 amide bonds. The number of nitrogens with zero attached hydrogens (tertiary/aromatic N) is 2. The second-order valence-electron chi connectivity index (χ2n) is 14.9. The molecule has 4 aliphatic rings. The fourth-order valence-corrected chi connectivity index (χ4v) is 9.55. The van der Waals surface area contributed by atoms with Crippen molar-refractivity contribution in [1.29, 1.82) is 0 Å². The highest BCUT2D eigenvalue weighted by Gasteiger charge is 2.64. The Labute approximate surface area is 322 Å². The van der Waals surface area contributed by atoms with Gasteiger partial charge in [-0.3, -0.25) is 19.1 Å². The van der Waals surface area contributed by atoms with Crippen molar-refractivity contribution in [3.8, 4) is 11.5 Å². The predicted octanol–water partition coefficient (Wildman–Crippen LogP) is 4.76. The van der Waals surface area contributed by atoms with Crippen molar-refractivity contribution in [2.45, 2.75) is 94.2 Å². The third kappa shape index (κ3) is 7.79. The van der Waals surface area contributed by atoms with E-state index >= 15 is 0 Å². The lowest BCUT2D eigenvalue weighted by Gasteiger charge is -2.32. The van der Waals surface area contributed by atoms with Crippen molar-refractivity contribution in [1.82, 2.24) is 25.2 Å². The Morgan fingerprint density at radius 3 is 2.59 bits per heavy atom. The highest BCUT2D eigenvalue weighted by molar-refractivity contribution is 7.91. The minimum absolute atomic E-state index is 0.00204. The van der Waals surface area contributed by atoms with Crippen LogP contribution >= 0.6 is 23.2 Å². The molecular weight excluding hydrogens is 768 g/mol. The molecule has 2 aliphatic heterocycles. The van der Waals surface area contributed by atoms with Crippen LogP contribution in [0.1, 0.15) is 65.7 Å². The summed E-state index contributed by atoms with van der Waals surface area (Å²) in [6.07, 6.45) is 3.08. The van der Waals surface area contributed by atoms with Crippen LogP contribution in [0.25, 0.3) is 10.9 Å². The van der Waals surface area contributed by atoms with Gasteiger partial charge < -0.3 is 30.1 Å². The number of nitrogens with one attached hydrogen (secondary N) is 3. The van der Waals surface area contributed by atoms with E-state index in [1.807, 2.05) is 24.6 Å². The fraction of sp³-hybridized carbons (Fsp3) is 0.583. The first-order valence-electron chi connectivity index (χ1n) is 18.0. The lowest BCUT2D eigenvalue weighted by atomic mass is 9.88. The summed E-state index contributed by atoms with van der Waals surface area (Å²) in [5.74, 6) is -2.94. The summed E-state index contributed by atoms with van der Waals surface area (Å²) in [7, 11) is -4.41. The van der Waals surface area contributed by atoms with Crippen LogP contribution in [0.5, 0.6) is 11.5 Å². The number of benzene rings is 1. The lowest BCUT2D eigenvalue weighted by molar-refractivity contribution is -0.142. The van der Waals surface area contributed by atoms with Gasteiger partial charge in [-0.15, -0.1) is 0 Å². The maximum Gasteiger partial charge on any atom is 0.405 e. The second-order valence-corrected chi connectivity index (χ2v) is 17.7. The van der Waals surface area contributed by atoms with Gasteiger partial charge >= 0.3 is 6.09 Å². The molecular formula is C36H44Cl2FN5O9S. The van der Waals surface area contributed by atoms with Crippen LogP contribution < -0.4 is 24.8 Å². The molecule has 2 aliphatic carbocycles. The Morgan fingerprint density at radius 2 is 1.93 bits per heavy atom. The molecule has 18 heteroatoms. The average molecular weight is 813 g/mol. The summed E-state index contributed by atoms with van der Waals surface area (Å²) in [6.45, 7) is 4.63. The molecule has 1 aromatic carbocycles. The third-order valence-electron chi connectivity index (χ3n) is 11.0. The summed E-state index contributed by atoms with van der Waals surface area (Å²) in [6, 6.07) is 2.56. The molecule has 0 unspecified atom stereocenters. The molecule has 6 rings (SSSR count). The molecule has 3 heterocycles. The van der Waals surface area contributed by atoms with Crippen LogP contribution in [0.4, 0.5) is 9.18 Å². The van der Waals surface area contributed by atoms with Gasteiger partial charge in [0.1, 0.15) is 40.9 Å². The molecule has 0 spiro atoms. The van der Waals surface area contributed by atoms with E-state index in [0.29, 0.717) is 42.5 Å². The van der Waals surface area contributed by atoms with Gasteiger partial charge in [-0.1, -0.05) is 49.2 Å². The molecule has 7 atom stereocenters. The van der Waals surface area contributed by atoms with E-state index in [1.165, 1.54) is 4.90 Å². The second kappa shape index (κ2) is 15.3. The Hall–Kier alpha value is -3.89. The van der Waals surface area contributed by atoms with Crippen LogP contribution in [0.3, 0.4) is 0 Å². The number of carboxylic acid groups (broad SMARTS) is 1. The van der Waals surface area contributed by atoms with Crippen molar-refractivity contribution in [3.63, 3.8) is 0 Å². The van der Waals surface area contributed by atoms with E-state index in [4.69, 9.17) is 32.7 Å². The first kappa shape index (κ1) is 39.8. The van der Waals surface area contributed by atoms with E-state index in [2.05, 4.69) is 15.6 Å². The lowest BCUT2D eigenvalue weighted by Crippen LogP contribution is -2.59. The molecule has 2 saturated carbocycles. The van der Waals surface area contributed by atoms with E-state index < -0.39 is 80.8 Å². The van der Waals surface area contributed by atoms with Gasteiger partial charge in [-0.2, -0.15) is 0 Å². The van der Waals surface area contributed by atoms with E-state index in [1.54, 1.807) is 31.2 Å². The van der Waals surface area contributed by atoms with Gasteiger partial charge in [-0.05, 0) is 75.5 Å². The summed E-state index contributed by atoms with van der Waals surface area (Å²) >= 11 is 13.4. The average Bonchev–Trinajstić information content (AvgIpc) is 4.02. The van der Waals surface area contributed by atoms with Gasteiger partial charge in [0.15, 0.2) is 10.9 Å². The SMILES string of the molecule is CCOc1ccc2nc(Cl)c(O[C@@H]3C[C@H]4C(=O)N[C@]5(C(=O)NS(=O)(=O)C6(CF)CC6)C[C@H]5/C=C\CC[C@@H](C)C[C@@H](C)[C@H](NC(=O)O)C(=O)N4C3)c(Cl)c2c1. The number of hydrogen-bond acceptors (Lipinski definition) is 9. The number of halogens is 3. The molecule has 294 valence electrons. The number of pyridine rings is 1. The van der Waals surface area contributed by atoms with Gasteiger partial charge in [0.2, 0.25) is 21.8 Å². The number of hydrogen-bond donors (Lipinski definition) is 4. The Kier molecular flexibility index (Phi) is 11.3. The van der Waals surface area contributed by atoms with Crippen LogP contribution in [0.15, 0.2) is 30.4 Å². The summed E-state index contributed by atoms with van der Waals surface area (Å²) < 4.78 is 52.2. The topological polar surface area (TPSA) is 193 Å². The van der Waals surface area contributed by atoms with Crippen molar-refractivity contribution in [2.24, 2.45) is 17.8 Å². The monoisotopic (exact) mass is 811 g/mol. The number of aromatic nitrogens is 1. The summed E-state index contributed by atoms with van der Waals surface area (Å²) in [4.78, 5) is 60.1. The minimum Gasteiger partial charge on any atom is -0.494 e. The van der Waals surface area contributed by atoms with Crippen molar-refractivity contribution in [3.05, 3.63) is 40.5 Å². The third-order valence-corrected chi connectivity index (χ3v) is 13.7. The number of carbonyl (C=O) groups is 4. The van der Waals surface area contributed by atoms with Gasteiger partial charge in [0.25, 0.3) is 5.91 Å². The van der Waals surface area contributed by atoms with Crippen molar-refractivity contribution >= 4 is 67.9 Å². The van der Waals surface area contributed by atoms with E-state index in [-0.39, 0.29) is 54.1 Å². The number of fused-ring (bicyclic) bond motifs is 3. The first-order chi connectivity index (χ1) is 25.5. The maximum atomic E-state index is 14.4. The molecule has 0 radical (unpaired) electrons. The number of allylic oxidation sites excluding steroid dienone is 1.